The van der Waals surface area contributed by atoms with Gasteiger partial charge in [-0.15, -0.1) is 0 Å². The second kappa shape index (κ2) is 3.84. The summed E-state index contributed by atoms with van der Waals surface area (Å²) in [5, 5.41) is 0. The Morgan fingerprint density at radius 1 is 1.21 bits per heavy atom. The molecule has 0 saturated carbocycles. The van der Waals surface area contributed by atoms with E-state index in [4.69, 9.17) is 18.9 Å². The van der Waals surface area contributed by atoms with Gasteiger partial charge in [0.05, 0.1) is 13.2 Å². The number of fused-ring (bicyclic) bond motifs is 1. The number of ether oxygens (including phenoxy) is 4. The van der Waals surface area contributed by atoms with Gasteiger partial charge < -0.3 is 18.9 Å². The summed E-state index contributed by atoms with van der Waals surface area (Å²) in [6, 6.07) is 0. The van der Waals surface area contributed by atoms with E-state index >= 15 is 0 Å². The van der Waals surface area contributed by atoms with Gasteiger partial charge in [0.15, 0.2) is 6.10 Å². The van der Waals surface area contributed by atoms with Crippen molar-refractivity contribution in [2.45, 2.75) is 31.3 Å². The highest BCUT2D eigenvalue weighted by Crippen LogP contribution is 2.30. The second-order valence-corrected chi connectivity index (χ2v) is 3.52. The molecule has 14 heavy (non-hydrogen) atoms. The smallest absolute Gasteiger partial charge is 0.303 e. The van der Waals surface area contributed by atoms with Crippen LogP contribution in [0.25, 0.3) is 0 Å². The molecule has 0 N–H and O–H groups in total. The fourth-order valence-corrected chi connectivity index (χ4v) is 1.95. The van der Waals surface area contributed by atoms with Crippen LogP contribution in [0.15, 0.2) is 0 Å². The molecule has 2 aliphatic heterocycles. The van der Waals surface area contributed by atoms with Crippen LogP contribution in [0.4, 0.5) is 0 Å². The van der Waals surface area contributed by atoms with Crippen molar-refractivity contribution in [1.29, 1.82) is 0 Å². The number of hydrogen-bond donors (Lipinski definition) is 0. The minimum absolute atomic E-state index is 0.0411. The van der Waals surface area contributed by atoms with E-state index in [0.29, 0.717) is 13.2 Å². The first-order chi connectivity index (χ1) is 6.72. The lowest BCUT2D eigenvalue weighted by molar-refractivity contribution is -0.151. The van der Waals surface area contributed by atoms with Crippen molar-refractivity contribution in [2.24, 2.45) is 0 Å². The van der Waals surface area contributed by atoms with Crippen LogP contribution < -0.4 is 0 Å². The zero-order valence-electron chi connectivity index (χ0n) is 8.26. The normalized spacial score (nSPS) is 41.0. The van der Waals surface area contributed by atoms with Crippen LogP contribution >= 0.6 is 0 Å². The Labute approximate surface area is 82.3 Å². The molecule has 5 nitrogen and oxygen atoms in total. The van der Waals surface area contributed by atoms with Gasteiger partial charge in [0.2, 0.25) is 0 Å². The summed E-state index contributed by atoms with van der Waals surface area (Å²) < 4.78 is 21.2. The number of carbonyl (C=O) groups is 1. The largest absolute Gasteiger partial charge is 0.457 e. The minimum atomic E-state index is -0.302. The molecule has 0 aromatic rings. The third-order valence-corrected chi connectivity index (χ3v) is 2.58. The molecule has 2 fully saturated rings. The Balaban J connectivity index is 1.97. The van der Waals surface area contributed by atoms with E-state index in [9.17, 15) is 4.79 Å². The summed E-state index contributed by atoms with van der Waals surface area (Å²) in [5.74, 6) is -0.302. The molecule has 2 aliphatic rings. The van der Waals surface area contributed by atoms with Gasteiger partial charge >= 0.3 is 5.97 Å². The van der Waals surface area contributed by atoms with Crippen molar-refractivity contribution in [3.05, 3.63) is 0 Å². The fraction of sp³-hybridized carbons (Fsp3) is 0.889. The van der Waals surface area contributed by atoms with E-state index in [0.717, 1.165) is 0 Å². The maximum Gasteiger partial charge on any atom is 0.303 e. The first-order valence-electron chi connectivity index (χ1n) is 4.65. The summed E-state index contributed by atoms with van der Waals surface area (Å²) in [6.45, 7) is 2.29. The molecule has 2 heterocycles. The number of methoxy groups -OCH3 is 1. The van der Waals surface area contributed by atoms with Crippen LogP contribution in [0.3, 0.4) is 0 Å². The average Bonchev–Trinajstić information content (AvgIpc) is 2.67. The lowest BCUT2D eigenvalue weighted by Crippen LogP contribution is -2.34. The summed E-state index contributed by atoms with van der Waals surface area (Å²) in [4.78, 5) is 10.8. The molecule has 0 radical (unpaired) electrons. The van der Waals surface area contributed by atoms with Gasteiger partial charge in [0.25, 0.3) is 0 Å². The maximum atomic E-state index is 10.8. The molecule has 0 bridgehead atoms. The van der Waals surface area contributed by atoms with Crippen LogP contribution in [0.5, 0.6) is 0 Å². The average molecular weight is 202 g/mol. The lowest BCUT2D eigenvalue weighted by atomic mass is 10.1. The number of esters is 1. The van der Waals surface area contributed by atoms with E-state index in [1.807, 2.05) is 0 Å². The number of carbonyl (C=O) groups excluding carboxylic acids is 1. The highest BCUT2D eigenvalue weighted by Gasteiger charge is 2.49. The molecule has 0 aromatic carbocycles. The van der Waals surface area contributed by atoms with E-state index < -0.39 is 0 Å². The summed E-state index contributed by atoms with van der Waals surface area (Å²) in [7, 11) is 1.62. The molecule has 0 aliphatic carbocycles. The monoisotopic (exact) mass is 202 g/mol. The third-order valence-electron chi connectivity index (χ3n) is 2.58. The zero-order valence-corrected chi connectivity index (χ0v) is 8.26. The van der Waals surface area contributed by atoms with Crippen LogP contribution in [0, 0.1) is 0 Å². The second-order valence-electron chi connectivity index (χ2n) is 3.52. The van der Waals surface area contributed by atoms with Crippen LogP contribution in [-0.2, 0) is 23.7 Å². The van der Waals surface area contributed by atoms with Gasteiger partial charge in [0, 0.05) is 14.0 Å². The number of hydrogen-bond acceptors (Lipinski definition) is 5. The van der Waals surface area contributed by atoms with Crippen LogP contribution in [0.1, 0.15) is 6.92 Å². The SMILES string of the molecule is CO[C@@H]1CO[C@H]2[C@@H]1OC[C@H]2OC(C)=O. The minimum Gasteiger partial charge on any atom is -0.457 e. The van der Waals surface area contributed by atoms with Crippen molar-refractivity contribution < 1.29 is 23.7 Å². The van der Waals surface area contributed by atoms with E-state index in [2.05, 4.69) is 0 Å². The predicted molar refractivity (Wildman–Crippen MR) is 45.8 cm³/mol. The summed E-state index contributed by atoms with van der Waals surface area (Å²) >= 11 is 0. The lowest BCUT2D eigenvalue weighted by Gasteiger charge is -2.15. The maximum absolute atomic E-state index is 10.8. The standard InChI is InChI=1S/C9H14O5/c1-5(10)14-7-4-13-8-6(11-2)3-12-9(7)8/h6-9H,3-4H2,1-2H3/t6-,7-,8-,9-/m1/s1. The fourth-order valence-electron chi connectivity index (χ4n) is 1.95. The van der Waals surface area contributed by atoms with Crippen molar-refractivity contribution in [3.63, 3.8) is 0 Å². The topological polar surface area (TPSA) is 54.0 Å². The van der Waals surface area contributed by atoms with Crippen LogP contribution in [-0.4, -0.2) is 50.7 Å². The van der Waals surface area contributed by atoms with Crippen molar-refractivity contribution in [2.75, 3.05) is 20.3 Å². The Bertz CT molecular complexity index is 229. The summed E-state index contributed by atoms with van der Waals surface area (Å²) in [6.07, 6.45) is -0.577. The summed E-state index contributed by atoms with van der Waals surface area (Å²) in [5.41, 5.74) is 0. The van der Waals surface area contributed by atoms with Gasteiger partial charge in [-0.2, -0.15) is 0 Å². The van der Waals surface area contributed by atoms with Crippen molar-refractivity contribution >= 4 is 5.97 Å². The van der Waals surface area contributed by atoms with Gasteiger partial charge in [-0.1, -0.05) is 0 Å². The molecule has 4 atom stereocenters. The molecule has 80 valence electrons. The Hall–Kier alpha value is -0.650. The Morgan fingerprint density at radius 2 is 1.79 bits per heavy atom. The Kier molecular flexibility index (Phi) is 2.71. The highest BCUT2D eigenvalue weighted by atomic mass is 16.6. The van der Waals surface area contributed by atoms with Gasteiger partial charge in [-0.3, -0.25) is 4.79 Å². The van der Waals surface area contributed by atoms with Crippen molar-refractivity contribution in [3.8, 4) is 0 Å². The highest BCUT2D eigenvalue weighted by molar-refractivity contribution is 5.66. The van der Waals surface area contributed by atoms with E-state index in [-0.39, 0.29) is 30.4 Å². The number of rotatable bonds is 2. The van der Waals surface area contributed by atoms with E-state index in [1.54, 1.807) is 7.11 Å². The third kappa shape index (κ3) is 1.63. The van der Waals surface area contributed by atoms with Gasteiger partial charge in [-0.25, -0.2) is 0 Å². The molecule has 5 heteroatoms. The quantitative estimate of drug-likeness (QED) is 0.577. The first kappa shape index (κ1) is 9.89. The molecule has 2 rings (SSSR count). The molecule has 0 amide bonds. The molecular weight excluding hydrogens is 188 g/mol. The molecule has 0 aromatic heterocycles. The van der Waals surface area contributed by atoms with Crippen LogP contribution in [0.2, 0.25) is 0 Å². The first-order valence-corrected chi connectivity index (χ1v) is 4.65. The predicted octanol–water partition coefficient (Wildman–Crippen LogP) is -0.269. The zero-order chi connectivity index (χ0) is 10.1. The van der Waals surface area contributed by atoms with Gasteiger partial charge in [-0.05, 0) is 0 Å². The Morgan fingerprint density at radius 3 is 2.36 bits per heavy atom. The molecule has 0 spiro atoms. The molecule has 0 unspecified atom stereocenters. The van der Waals surface area contributed by atoms with Gasteiger partial charge in [0.1, 0.15) is 18.3 Å². The van der Waals surface area contributed by atoms with Crippen molar-refractivity contribution in [1.82, 2.24) is 0 Å². The van der Waals surface area contributed by atoms with E-state index in [1.165, 1.54) is 6.92 Å². The molecular formula is C9H14O5. The molecule has 2 saturated heterocycles.